The van der Waals surface area contributed by atoms with Crippen molar-refractivity contribution in [3.05, 3.63) is 36.2 Å². The third-order valence-electron chi connectivity index (χ3n) is 3.15. The van der Waals surface area contributed by atoms with Crippen molar-refractivity contribution >= 4 is 32.9 Å². The van der Waals surface area contributed by atoms with E-state index < -0.39 is 0 Å². The first-order chi connectivity index (χ1) is 8.75. The molecular formula is C13H12BrN3O. The normalized spacial score (nSPS) is 19.4. The highest BCUT2D eigenvalue weighted by Crippen LogP contribution is 2.21. The van der Waals surface area contributed by atoms with Crippen LogP contribution in [0.5, 0.6) is 0 Å². The van der Waals surface area contributed by atoms with Gasteiger partial charge in [-0.2, -0.15) is 0 Å². The summed E-state index contributed by atoms with van der Waals surface area (Å²) < 4.78 is 0. The molecule has 0 spiro atoms. The number of carbonyl (C=O) groups is 1. The molecule has 18 heavy (non-hydrogen) atoms. The maximum Gasteiger partial charge on any atom is 0.256 e. The average molecular weight is 306 g/mol. The molecule has 0 N–H and O–H groups in total. The van der Waals surface area contributed by atoms with Gasteiger partial charge in [0.25, 0.3) is 5.91 Å². The highest BCUT2D eigenvalue weighted by Gasteiger charge is 2.26. The second-order valence-corrected chi connectivity index (χ2v) is 5.66. The van der Waals surface area contributed by atoms with Gasteiger partial charge < -0.3 is 4.90 Å². The van der Waals surface area contributed by atoms with Crippen LogP contribution in [-0.4, -0.2) is 38.7 Å². The summed E-state index contributed by atoms with van der Waals surface area (Å²) in [4.78, 5) is 23.2. The van der Waals surface area contributed by atoms with Crippen molar-refractivity contribution in [2.24, 2.45) is 0 Å². The van der Waals surface area contributed by atoms with E-state index in [-0.39, 0.29) is 5.91 Å². The summed E-state index contributed by atoms with van der Waals surface area (Å²) in [6, 6.07) is 5.54. The maximum atomic E-state index is 12.4. The third-order valence-corrected chi connectivity index (χ3v) is 3.89. The van der Waals surface area contributed by atoms with Crippen molar-refractivity contribution in [1.29, 1.82) is 0 Å². The molecule has 0 bridgehead atoms. The molecule has 92 valence electrons. The molecule has 1 saturated heterocycles. The Kier molecular flexibility index (Phi) is 2.99. The van der Waals surface area contributed by atoms with Crippen LogP contribution in [0.4, 0.5) is 0 Å². The van der Waals surface area contributed by atoms with Gasteiger partial charge in [0.1, 0.15) is 5.52 Å². The molecule has 2 aromatic rings. The molecule has 0 saturated carbocycles. The van der Waals surface area contributed by atoms with Gasteiger partial charge in [-0.3, -0.25) is 14.8 Å². The molecule has 1 fully saturated rings. The van der Waals surface area contributed by atoms with Crippen molar-refractivity contribution in [2.75, 3.05) is 13.1 Å². The number of para-hydroxylation sites is 1. The molecule has 1 aromatic heterocycles. The number of hydrogen-bond acceptors (Lipinski definition) is 3. The van der Waals surface area contributed by atoms with Crippen molar-refractivity contribution in [1.82, 2.24) is 14.9 Å². The largest absolute Gasteiger partial charge is 0.337 e. The van der Waals surface area contributed by atoms with Gasteiger partial charge in [-0.15, -0.1) is 0 Å². The summed E-state index contributed by atoms with van der Waals surface area (Å²) in [5.74, 6) is 0.0445. The molecule has 2 heterocycles. The van der Waals surface area contributed by atoms with Gasteiger partial charge in [-0.25, -0.2) is 0 Å². The molecule has 5 heteroatoms. The summed E-state index contributed by atoms with van der Waals surface area (Å²) in [5, 5.41) is 0. The van der Waals surface area contributed by atoms with Crippen LogP contribution in [0.15, 0.2) is 30.6 Å². The number of benzene rings is 1. The molecule has 0 aliphatic carbocycles. The quantitative estimate of drug-likeness (QED) is 0.759. The predicted molar refractivity (Wildman–Crippen MR) is 72.8 cm³/mol. The molecule has 1 atom stereocenters. The van der Waals surface area contributed by atoms with Crippen LogP contribution in [0, 0.1) is 0 Å². The zero-order valence-electron chi connectivity index (χ0n) is 9.71. The lowest BCUT2D eigenvalue weighted by Crippen LogP contribution is -2.29. The minimum absolute atomic E-state index is 0.0445. The fourth-order valence-corrected chi connectivity index (χ4v) is 2.79. The number of fused-ring (bicyclic) bond motifs is 1. The number of hydrogen-bond donors (Lipinski definition) is 0. The maximum absolute atomic E-state index is 12.4. The summed E-state index contributed by atoms with van der Waals surface area (Å²) in [6.07, 6.45) is 4.26. The SMILES string of the molecule is O=C(c1cccc2nccnc12)N1CCC(Br)C1. The van der Waals surface area contributed by atoms with Crippen molar-refractivity contribution in [3.63, 3.8) is 0 Å². The number of rotatable bonds is 1. The number of likely N-dealkylation sites (tertiary alicyclic amines) is 1. The topological polar surface area (TPSA) is 46.1 Å². The smallest absolute Gasteiger partial charge is 0.256 e. The molecule has 1 amide bonds. The van der Waals surface area contributed by atoms with Crippen molar-refractivity contribution < 1.29 is 4.79 Å². The number of halogens is 1. The zero-order valence-corrected chi connectivity index (χ0v) is 11.3. The highest BCUT2D eigenvalue weighted by atomic mass is 79.9. The number of alkyl halides is 1. The van der Waals surface area contributed by atoms with Gasteiger partial charge in [0, 0.05) is 30.3 Å². The first kappa shape index (κ1) is 11.6. The van der Waals surface area contributed by atoms with Crippen molar-refractivity contribution in [2.45, 2.75) is 11.2 Å². The minimum Gasteiger partial charge on any atom is -0.337 e. The van der Waals surface area contributed by atoms with E-state index in [9.17, 15) is 4.79 Å². The van der Waals surface area contributed by atoms with E-state index in [0.29, 0.717) is 15.9 Å². The number of carbonyl (C=O) groups excluding carboxylic acids is 1. The molecule has 0 radical (unpaired) electrons. The predicted octanol–water partition coefficient (Wildman–Crippen LogP) is 2.24. The molecule has 4 nitrogen and oxygen atoms in total. The van der Waals surface area contributed by atoms with Gasteiger partial charge in [0.15, 0.2) is 0 Å². The first-order valence-corrected chi connectivity index (χ1v) is 6.80. The van der Waals surface area contributed by atoms with E-state index in [0.717, 1.165) is 25.0 Å². The number of amides is 1. The minimum atomic E-state index is 0.0445. The van der Waals surface area contributed by atoms with E-state index in [4.69, 9.17) is 0 Å². The Morgan fingerprint density at radius 3 is 2.94 bits per heavy atom. The Morgan fingerprint density at radius 1 is 1.33 bits per heavy atom. The average Bonchev–Trinajstić information content (AvgIpc) is 2.84. The van der Waals surface area contributed by atoms with Crippen molar-refractivity contribution in [3.8, 4) is 0 Å². The molecule has 3 rings (SSSR count). The summed E-state index contributed by atoms with van der Waals surface area (Å²) in [7, 11) is 0. The zero-order chi connectivity index (χ0) is 12.5. The fraction of sp³-hybridized carbons (Fsp3) is 0.308. The van der Waals surface area contributed by atoms with Gasteiger partial charge in [-0.05, 0) is 18.6 Å². The van der Waals surface area contributed by atoms with Crippen LogP contribution >= 0.6 is 15.9 Å². The Bertz CT molecular complexity index is 596. The lowest BCUT2D eigenvalue weighted by Gasteiger charge is -2.16. The van der Waals surface area contributed by atoms with Gasteiger partial charge >= 0.3 is 0 Å². The molecule has 1 aliphatic rings. The lowest BCUT2D eigenvalue weighted by atomic mass is 10.1. The monoisotopic (exact) mass is 305 g/mol. The lowest BCUT2D eigenvalue weighted by molar-refractivity contribution is 0.0795. The Morgan fingerprint density at radius 2 is 2.17 bits per heavy atom. The Hall–Kier alpha value is -1.49. The first-order valence-electron chi connectivity index (χ1n) is 5.89. The second kappa shape index (κ2) is 4.65. The van der Waals surface area contributed by atoms with E-state index in [1.54, 1.807) is 12.4 Å². The summed E-state index contributed by atoms with van der Waals surface area (Å²) >= 11 is 3.55. The van der Waals surface area contributed by atoms with Crippen LogP contribution in [-0.2, 0) is 0 Å². The number of aromatic nitrogens is 2. The summed E-state index contributed by atoms with van der Waals surface area (Å²) in [5.41, 5.74) is 2.09. The molecule has 1 aromatic carbocycles. The van der Waals surface area contributed by atoms with E-state index in [2.05, 4.69) is 25.9 Å². The molecule has 1 aliphatic heterocycles. The van der Waals surface area contributed by atoms with Crippen LogP contribution in [0.25, 0.3) is 11.0 Å². The standard InChI is InChI=1S/C13H12BrN3O/c14-9-4-7-17(8-9)13(18)10-2-1-3-11-12(10)16-6-5-15-11/h1-3,5-6,9H,4,7-8H2. The van der Waals surface area contributed by atoms with Crippen LogP contribution in [0.2, 0.25) is 0 Å². The van der Waals surface area contributed by atoms with Gasteiger partial charge in [-0.1, -0.05) is 22.0 Å². The Labute approximate surface area is 113 Å². The molecule has 1 unspecified atom stereocenters. The van der Waals surface area contributed by atoms with E-state index >= 15 is 0 Å². The van der Waals surface area contributed by atoms with E-state index in [1.807, 2.05) is 23.1 Å². The number of nitrogens with zero attached hydrogens (tertiary/aromatic N) is 3. The third kappa shape index (κ3) is 1.99. The van der Waals surface area contributed by atoms with Gasteiger partial charge in [0.05, 0.1) is 11.1 Å². The summed E-state index contributed by atoms with van der Waals surface area (Å²) in [6.45, 7) is 1.56. The highest BCUT2D eigenvalue weighted by molar-refractivity contribution is 9.09. The molecular weight excluding hydrogens is 294 g/mol. The van der Waals surface area contributed by atoms with E-state index in [1.165, 1.54) is 0 Å². The van der Waals surface area contributed by atoms with Crippen LogP contribution in [0.3, 0.4) is 0 Å². The Balaban J connectivity index is 2.01. The van der Waals surface area contributed by atoms with Gasteiger partial charge in [0.2, 0.25) is 0 Å². The van der Waals surface area contributed by atoms with Crippen LogP contribution in [0.1, 0.15) is 16.8 Å². The second-order valence-electron chi connectivity index (χ2n) is 4.37. The fourth-order valence-electron chi connectivity index (χ4n) is 2.24. The van der Waals surface area contributed by atoms with Crippen LogP contribution < -0.4 is 0 Å².